The highest BCUT2D eigenvalue weighted by molar-refractivity contribution is 5.71. The lowest BCUT2D eigenvalue weighted by atomic mass is 10.2. The van der Waals surface area contributed by atoms with Gasteiger partial charge < -0.3 is 4.42 Å². The van der Waals surface area contributed by atoms with Crippen molar-refractivity contribution in [3.63, 3.8) is 0 Å². The van der Waals surface area contributed by atoms with Crippen molar-refractivity contribution in [3.8, 4) is 0 Å². The lowest BCUT2D eigenvalue weighted by molar-refractivity contribution is 0.522. The van der Waals surface area contributed by atoms with Crippen molar-refractivity contribution in [3.05, 3.63) is 54.5 Å². The molecular formula is C12H14O. The van der Waals surface area contributed by atoms with Crippen molar-refractivity contribution in [2.24, 2.45) is 0 Å². The molecule has 1 aromatic heterocycles. The molecule has 0 saturated carbocycles. The molecule has 0 aliphatic carbocycles. The predicted octanol–water partition coefficient (Wildman–Crippen LogP) is 3.73. The van der Waals surface area contributed by atoms with Gasteiger partial charge in [-0.1, -0.05) is 30.9 Å². The molecule has 0 unspecified atom stereocenters. The molecule has 0 aromatic carbocycles. The molecule has 0 radical (unpaired) electrons. The summed E-state index contributed by atoms with van der Waals surface area (Å²) in [5, 5.41) is 0. The van der Waals surface area contributed by atoms with E-state index in [0.29, 0.717) is 0 Å². The Balaban J connectivity index is 2.96. The molecule has 1 heterocycles. The molecule has 0 bridgehead atoms. The van der Waals surface area contributed by atoms with Crippen LogP contribution in [-0.2, 0) is 0 Å². The molecule has 1 heteroatoms. The van der Waals surface area contributed by atoms with E-state index in [1.165, 1.54) is 0 Å². The topological polar surface area (TPSA) is 13.1 Å². The molecule has 0 atom stereocenters. The molecule has 0 N–H and O–H groups in total. The molecule has 0 aliphatic heterocycles. The molecular weight excluding hydrogens is 160 g/mol. The first-order valence-corrected chi connectivity index (χ1v) is 4.30. The quantitative estimate of drug-likeness (QED) is 0.636. The second-order valence-electron chi connectivity index (χ2n) is 2.76. The van der Waals surface area contributed by atoms with Gasteiger partial charge in [-0.3, -0.25) is 0 Å². The highest BCUT2D eigenvalue weighted by atomic mass is 16.3. The minimum atomic E-state index is 0.866. The van der Waals surface area contributed by atoms with Crippen molar-refractivity contribution >= 4 is 5.57 Å². The van der Waals surface area contributed by atoms with Crippen molar-refractivity contribution < 1.29 is 4.42 Å². The van der Waals surface area contributed by atoms with Gasteiger partial charge in [-0.05, 0) is 26.0 Å². The van der Waals surface area contributed by atoms with E-state index in [-0.39, 0.29) is 0 Å². The van der Waals surface area contributed by atoms with Crippen LogP contribution in [0.4, 0.5) is 0 Å². The van der Waals surface area contributed by atoms with Crippen LogP contribution in [0.25, 0.3) is 5.57 Å². The Morgan fingerprint density at radius 1 is 1.46 bits per heavy atom. The fraction of sp³-hybridized carbons (Fsp3) is 0.167. The number of allylic oxidation sites excluding steroid dienone is 5. The molecule has 13 heavy (non-hydrogen) atoms. The van der Waals surface area contributed by atoms with Crippen LogP contribution < -0.4 is 0 Å². The van der Waals surface area contributed by atoms with Crippen LogP contribution in [-0.4, -0.2) is 0 Å². The normalized spacial score (nSPS) is 12.3. The van der Waals surface area contributed by atoms with Crippen LogP contribution in [0.15, 0.2) is 47.4 Å². The summed E-state index contributed by atoms with van der Waals surface area (Å²) >= 11 is 0. The number of furan rings is 1. The van der Waals surface area contributed by atoms with Gasteiger partial charge in [-0.15, -0.1) is 0 Å². The summed E-state index contributed by atoms with van der Waals surface area (Å²) in [4.78, 5) is 0. The first kappa shape index (κ1) is 9.59. The second-order valence-corrected chi connectivity index (χ2v) is 2.76. The van der Waals surface area contributed by atoms with Gasteiger partial charge >= 0.3 is 0 Å². The number of rotatable bonds is 3. The lowest BCUT2D eigenvalue weighted by Crippen LogP contribution is -1.73. The minimum absolute atomic E-state index is 0.866. The second kappa shape index (κ2) is 4.51. The van der Waals surface area contributed by atoms with Gasteiger partial charge in [-0.2, -0.15) is 0 Å². The summed E-state index contributed by atoms with van der Waals surface area (Å²) < 4.78 is 5.46. The van der Waals surface area contributed by atoms with Gasteiger partial charge in [0.2, 0.25) is 0 Å². The number of hydrogen-bond donors (Lipinski definition) is 0. The molecule has 0 aliphatic rings. The van der Waals surface area contributed by atoms with Crippen LogP contribution in [0.1, 0.15) is 18.4 Å². The van der Waals surface area contributed by atoms with E-state index in [2.05, 4.69) is 6.58 Å². The van der Waals surface area contributed by atoms with Crippen LogP contribution in [0, 0.1) is 6.92 Å². The zero-order valence-electron chi connectivity index (χ0n) is 8.08. The fourth-order valence-electron chi connectivity index (χ4n) is 1.04. The molecule has 1 nitrogen and oxygen atoms in total. The molecule has 68 valence electrons. The maximum atomic E-state index is 5.46. The summed E-state index contributed by atoms with van der Waals surface area (Å²) in [5.41, 5.74) is 1.01. The number of hydrogen-bond acceptors (Lipinski definition) is 1. The maximum absolute atomic E-state index is 5.46. The Morgan fingerprint density at radius 3 is 2.69 bits per heavy atom. The van der Waals surface area contributed by atoms with E-state index in [1.807, 2.05) is 44.2 Å². The Morgan fingerprint density at radius 2 is 2.23 bits per heavy atom. The predicted molar refractivity (Wildman–Crippen MR) is 56.4 cm³/mol. The average Bonchev–Trinajstić information content (AvgIpc) is 2.54. The average molecular weight is 174 g/mol. The highest BCUT2D eigenvalue weighted by Gasteiger charge is 2.00. The maximum Gasteiger partial charge on any atom is 0.134 e. The third kappa shape index (κ3) is 2.48. The Hall–Kier alpha value is -1.50. The van der Waals surface area contributed by atoms with Crippen LogP contribution >= 0.6 is 0 Å². The molecule has 0 saturated heterocycles. The number of aryl methyl sites for hydroxylation is 1. The van der Waals surface area contributed by atoms with E-state index in [9.17, 15) is 0 Å². The van der Waals surface area contributed by atoms with E-state index >= 15 is 0 Å². The first-order chi connectivity index (χ1) is 6.27. The summed E-state index contributed by atoms with van der Waals surface area (Å²) in [6.07, 6.45) is 7.71. The van der Waals surface area contributed by atoms with Gasteiger partial charge in [0.05, 0.1) is 0 Å². The van der Waals surface area contributed by atoms with Gasteiger partial charge in [0.25, 0.3) is 0 Å². The van der Waals surface area contributed by atoms with E-state index in [1.54, 1.807) is 6.08 Å². The largest absolute Gasteiger partial charge is 0.461 e. The van der Waals surface area contributed by atoms with Crippen molar-refractivity contribution in [1.82, 2.24) is 0 Å². The summed E-state index contributed by atoms with van der Waals surface area (Å²) in [5.74, 6) is 1.79. The Labute approximate surface area is 79.1 Å². The first-order valence-electron chi connectivity index (χ1n) is 4.30. The van der Waals surface area contributed by atoms with Crippen LogP contribution in [0.3, 0.4) is 0 Å². The Kier molecular flexibility index (Phi) is 3.32. The van der Waals surface area contributed by atoms with Gasteiger partial charge in [-0.25, -0.2) is 0 Å². The SMILES string of the molecule is C=C/C(=C\C=C/C)c1ccc(C)o1. The summed E-state index contributed by atoms with van der Waals surface area (Å²) in [6, 6.07) is 3.90. The van der Waals surface area contributed by atoms with Crippen LogP contribution in [0.2, 0.25) is 0 Å². The smallest absolute Gasteiger partial charge is 0.134 e. The minimum Gasteiger partial charge on any atom is -0.461 e. The summed E-state index contributed by atoms with van der Waals surface area (Å²) in [6.45, 7) is 7.64. The molecule has 1 aromatic rings. The molecule has 0 spiro atoms. The Bertz CT molecular complexity index is 340. The fourth-order valence-corrected chi connectivity index (χ4v) is 1.04. The third-order valence-electron chi connectivity index (χ3n) is 1.71. The standard InChI is InChI=1S/C12H14O/c1-4-6-7-11(5-2)12-9-8-10(3)13-12/h4-9H,2H2,1,3H3/b6-4-,11-7+. The van der Waals surface area contributed by atoms with Crippen molar-refractivity contribution in [2.45, 2.75) is 13.8 Å². The van der Waals surface area contributed by atoms with E-state index < -0.39 is 0 Å². The van der Waals surface area contributed by atoms with E-state index in [0.717, 1.165) is 17.1 Å². The zero-order valence-corrected chi connectivity index (χ0v) is 8.08. The van der Waals surface area contributed by atoms with E-state index in [4.69, 9.17) is 4.42 Å². The van der Waals surface area contributed by atoms with Gasteiger partial charge in [0.15, 0.2) is 0 Å². The monoisotopic (exact) mass is 174 g/mol. The lowest BCUT2D eigenvalue weighted by Gasteiger charge is -1.94. The van der Waals surface area contributed by atoms with Gasteiger partial charge in [0, 0.05) is 5.57 Å². The third-order valence-corrected chi connectivity index (χ3v) is 1.71. The molecule has 0 amide bonds. The zero-order chi connectivity index (χ0) is 9.68. The summed E-state index contributed by atoms with van der Waals surface area (Å²) in [7, 11) is 0. The van der Waals surface area contributed by atoms with Crippen LogP contribution in [0.5, 0.6) is 0 Å². The molecule has 1 rings (SSSR count). The van der Waals surface area contributed by atoms with Crippen molar-refractivity contribution in [1.29, 1.82) is 0 Å². The molecule has 0 fully saturated rings. The van der Waals surface area contributed by atoms with Crippen molar-refractivity contribution in [2.75, 3.05) is 0 Å². The van der Waals surface area contributed by atoms with Gasteiger partial charge in [0.1, 0.15) is 11.5 Å². The highest BCUT2D eigenvalue weighted by Crippen LogP contribution is 2.18.